The number of halogens is 1. The quantitative estimate of drug-likeness (QED) is 0.579. The Kier molecular flexibility index (Phi) is 4.07. The maximum Gasteiger partial charge on any atom is 0.332 e. The Morgan fingerprint density at radius 1 is 1.19 bits per heavy atom. The molecule has 1 aromatic carbocycles. The molecule has 1 N–H and O–H groups in total. The fraction of sp³-hybridized carbons (Fsp3) is 0.278. The van der Waals surface area contributed by atoms with E-state index in [4.69, 9.17) is 11.6 Å². The molecule has 0 amide bonds. The maximum atomic E-state index is 12.6. The van der Waals surface area contributed by atoms with Crippen LogP contribution in [-0.4, -0.2) is 29.6 Å². The second kappa shape index (κ2) is 6.31. The SMILES string of the molecule is Cc1cn2c3c(=O)n(C)c(=O)n(C)c3nc2n1CCNc1cccc(Cl)c1. The molecule has 0 radical (unpaired) electrons. The number of imidazole rings is 2. The molecule has 3 heterocycles. The molecule has 0 aliphatic rings. The van der Waals surface area contributed by atoms with Crippen molar-refractivity contribution in [1.29, 1.82) is 0 Å². The van der Waals surface area contributed by atoms with Gasteiger partial charge in [0, 0.05) is 49.8 Å². The van der Waals surface area contributed by atoms with Gasteiger partial charge in [-0.25, -0.2) is 4.79 Å². The van der Waals surface area contributed by atoms with E-state index in [2.05, 4.69) is 10.3 Å². The summed E-state index contributed by atoms with van der Waals surface area (Å²) in [4.78, 5) is 29.3. The average Bonchev–Trinajstić information content (AvgIpc) is 3.14. The zero-order valence-electron chi connectivity index (χ0n) is 15.2. The Morgan fingerprint density at radius 3 is 2.70 bits per heavy atom. The summed E-state index contributed by atoms with van der Waals surface area (Å²) in [5.41, 5.74) is 1.96. The molecule has 0 unspecified atom stereocenters. The second-order valence-corrected chi connectivity index (χ2v) is 6.96. The van der Waals surface area contributed by atoms with Gasteiger partial charge in [-0.2, -0.15) is 4.98 Å². The van der Waals surface area contributed by atoms with Crippen LogP contribution in [0.15, 0.2) is 40.1 Å². The Morgan fingerprint density at radius 2 is 1.96 bits per heavy atom. The van der Waals surface area contributed by atoms with E-state index >= 15 is 0 Å². The number of fused-ring (bicyclic) bond motifs is 3. The molecule has 0 fully saturated rings. The minimum Gasteiger partial charge on any atom is -0.383 e. The van der Waals surface area contributed by atoms with Crippen LogP contribution < -0.4 is 16.6 Å². The molecule has 0 saturated carbocycles. The number of hydrogen-bond donors (Lipinski definition) is 1. The third kappa shape index (κ3) is 2.73. The minimum atomic E-state index is -0.390. The molecule has 0 saturated heterocycles. The van der Waals surface area contributed by atoms with E-state index in [-0.39, 0.29) is 11.2 Å². The molecule has 0 bridgehead atoms. The highest BCUT2D eigenvalue weighted by Gasteiger charge is 2.18. The molecule has 9 heteroatoms. The third-order valence-electron chi connectivity index (χ3n) is 4.75. The normalized spacial score (nSPS) is 11.6. The fourth-order valence-electron chi connectivity index (χ4n) is 3.32. The van der Waals surface area contributed by atoms with Crippen LogP contribution >= 0.6 is 11.6 Å². The van der Waals surface area contributed by atoms with Gasteiger partial charge >= 0.3 is 5.69 Å². The molecular weight excluding hydrogens is 368 g/mol. The van der Waals surface area contributed by atoms with Crippen molar-refractivity contribution in [3.63, 3.8) is 0 Å². The minimum absolute atomic E-state index is 0.352. The number of aromatic nitrogens is 5. The molecule has 140 valence electrons. The molecule has 0 aliphatic heterocycles. The van der Waals surface area contributed by atoms with Crippen LogP contribution in [0.3, 0.4) is 0 Å². The summed E-state index contributed by atoms with van der Waals surface area (Å²) >= 11 is 6.01. The molecule has 8 nitrogen and oxygen atoms in total. The molecule has 4 rings (SSSR count). The predicted molar refractivity (Wildman–Crippen MR) is 106 cm³/mol. The molecule has 4 aromatic rings. The van der Waals surface area contributed by atoms with Gasteiger partial charge in [0.2, 0.25) is 5.78 Å². The van der Waals surface area contributed by atoms with Crippen molar-refractivity contribution >= 4 is 34.2 Å². The van der Waals surface area contributed by atoms with Gasteiger partial charge in [0.15, 0.2) is 11.2 Å². The van der Waals surface area contributed by atoms with Crippen LogP contribution in [0, 0.1) is 6.92 Å². The topological polar surface area (TPSA) is 78.3 Å². The molecular formula is C18H19ClN6O2. The van der Waals surface area contributed by atoms with Gasteiger partial charge in [-0.05, 0) is 25.1 Å². The van der Waals surface area contributed by atoms with E-state index in [0.717, 1.165) is 15.9 Å². The van der Waals surface area contributed by atoms with E-state index in [1.54, 1.807) is 11.4 Å². The zero-order chi connectivity index (χ0) is 19.3. The number of nitrogens with one attached hydrogen (secondary N) is 1. The van der Waals surface area contributed by atoms with Gasteiger partial charge < -0.3 is 9.88 Å². The van der Waals surface area contributed by atoms with Crippen LogP contribution in [0.25, 0.3) is 16.9 Å². The van der Waals surface area contributed by atoms with E-state index in [9.17, 15) is 9.59 Å². The van der Waals surface area contributed by atoms with E-state index in [1.807, 2.05) is 42.0 Å². The molecule has 0 atom stereocenters. The Labute approximate surface area is 159 Å². The first-order chi connectivity index (χ1) is 12.9. The zero-order valence-corrected chi connectivity index (χ0v) is 16.0. The number of rotatable bonds is 4. The Balaban J connectivity index is 1.74. The lowest BCUT2D eigenvalue weighted by molar-refractivity contribution is 0.706. The van der Waals surface area contributed by atoms with Crippen molar-refractivity contribution in [2.24, 2.45) is 14.1 Å². The van der Waals surface area contributed by atoms with Crippen molar-refractivity contribution < 1.29 is 0 Å². The number of benzene rings is 1. The van der Waals surface area contributed by atoms with Crippen molar-refractivity contribution in [3.8, 4) is 0 Å². The standard InChI is InChI=1S/C18H19ClN6O2/c1-11-10-25-14-15(22(2)18(27)23(3)16(14)26)21-17(25)24(11)8-7-20-13-6-4-5-12(19)9-13/h4-6,9-10,20H,7-8H2,1-3H3. The number of anilines is 1. The highest BCUT2D eigenvalue weighted by molar-refractivity contribution is 6.30. The van der Waals surface area contributed by atoms with Crippen LogP contribution in [0.1, 0.15) is 5.69 Å². The molecule has 3 aromatic heterocycles. The predicted octanol–water partition coefficient (Wildman–Crippen LogP) is 1.76. The lowest BCUT2D eigenvalue weighted by Gasteiger charge is -2.09. The first kappa shape index (κ1) is 17.4. The van der Waals surface area contributed by atoms with Crippen LogP contribution in [0.5, 0.6) is 0 Å². The van der Waals surface area contributed by atoms with E-state index in [0.29, 0.717) is 35.1 Å². The smallest absolute Gasteiger partial charge is 0.332 e. The van der Waals surface area contributed by atoms with Gasteiger partial charge in [0.25, 0.3) is 5.56 Å². The third-order valence-corrected chi connectivity index (χ3v) is 4.98. The van der Waals surface area contributed by atoms with Crippen molar-refractivity contribution in [3.05, 3.63) is 62.0 Å². The molecule has 27 heavy (non-hydrogen) atoms. The van der Waals surface area contributed by atoms with Gasteiger partial charge in [-0.15, -0.1) is 0 Å². The summed E-state index contributed by atoms with van der Waals surface area (Å²) in [7, 11) is 3.09. The maximum absolute atomic E-state index is 12.6. The average molecular weight is 387 g/mol. The number of hydrogen-bond acceptors (Lipinski definition) is 4. The highest BCUT2D eigenvalue weighted by atomic mass is 35.5. The summed E-state index contributed by atoms with van der Waals surface area (Å²) in [6.07, 6.45) is 1.87. The van der Waals surface area contributed by atoms with Gasteiger partial charge in [0.1, 0.15) is 0 Å². The first-order valence-corrected chi connectivity index (χ1v) is 8.89. The summed E-state index contributed by atoms with van der Waals surface area (Å²) in [5.74, 6) is 0.633. The van der Waals surface area contributed by atoms with Gasteiger partial charge in [-0.1, -0.05) is 17.7 Å². The summed E-state index contributed by atoms with van der Waals surface area (Å²) < 4.78 is 6.27. The van der Waals surface area contributed by atoms with Crippen LogP contribution in [-0.2, 0) is 20.6 Å². The van der Waals surface area contributed by atoms with E-state index in [1.165, 1.54) is 11.6 Å². The Hall–Kier alpha value is -3.00. The molecule has 0 aliphatic carbocycles. The van der Waals surface area contributed by atoms with Crippen molar-refractivity contribution in [2.75, 3.05) is 11.9 Å². The summed E-state index contributed by atoms with van der Waals surface area (Å²) in [6.45, 7) is 3.27. The van der Waals surface area contributed by atoms with Crippen LogP contribution in [0.2, 0.25) is 5.02 Å². The van der Waals surface area contributed by atoms with Gasteiger partial charge in [0.05, 0.1) is 0 Å². The van der Waals surface area contributed by atoms with Gasteiger partial charge in [-0.3, -0.25) is 18.3 Å². The summed E-state index contributed by atoms with van der Waals surface area (Å²) in [6, 6.07) is 7.53. The largest absolute Gasteiger partial charge is 0.383 e. The van der Waals surface area contributed by atoms with Crippen molar-refractivity contribution in [1.82, 2.24) is 23.1 Å². The monoisotopic (exact) mass is 386 g/mol. The van der Waals surface area contributed by atoms with Crippen LogP contribution in [0.4, 0.5) is 5.69 Å². The lowest BCUT2D eigenvalue weighted by atomic mass is 10.3. The number of nitrogens with zero attached hydrogens (tertiary/aromatic N) is 5. The second-order valence-electron chi connectivity index (χ2n) is 6.52. The fourth-order valence-corrected chi connectivity index (χ4v) is 3.51. The number of aryl methyl sites for hydroxylation is 2. The summed E-state index contributed by atoms with van der Waals surface area (Å²) in [5, 5.41) is 4.00. The first-order valence-electron chi connectivity index (χ1n) is 8.52. The Bertz CT molecular complexity index is 1290. The van der Waals surface area contributed by atoms with E-state index < -0.39 is 0 Å². The highest BCUT2D eigenvalue weighted by Crippen LogP contribution is 2.17. The molecule has 0 spiro atoms. The van der Waals surface area contributed by atoms with Crippen molar-refractivity contribution in [2.45, 2.75) is 13.5 Å². The lowest BCUT2D eigenvalue weighted by Crippen LogP contribution is -2.37.